The van der Waals surface area contributed by atoms with Crippen molar-refractivity contribution in [3.05, 3.63) is 23.0 Å². The first-order valence-electron chi connectivity index (χ1n) is 8.00. The first kappa shape index (κ1) is 18.6. The third-order valence-corrected chi connectivity index (χ3v) is 3.59. The topological polar surface area (TPSA) is 55.3 Å². The summed E-state index contributed by atoms with van der Waals surface area (Å²) in [6.07, 6.45) is -0.370. The van der Waals surface area contributed by atoms with Crippen molar-refractivity contribution in [2.24, 2.45) is 0 Å². The molecule has 1 aromatic heterocycles. The Labute approximate surface area is 134 Å². The number of aryl methyl sites for hydroxylation is 1. The maximum absolute atomic E-state index is 11.6. The maximum atomic E-state index is 11.6. The van der Waals surface area contributed by atoms with Crippen LogP contribution in [0.15, 0.2) is 6.07 Å². The Bertz CT molecular complexity index is 501. The molecule has 0 saturated heterocycles. The van der Waals surface area contributed by atoms with Crippen LogP contribution in [0, 0.1) is 13.8 Å². The Morgan fingerprint density at radius 3 is 2.50 bits per heavy atom. The predicted octanol–water partition coefficient (Wildman–Crippen LogP) is 3.13. The Morgan fingerprint density at radius 2 is 2.00 bits per heavy atom. The van der Waals surface area contributed by atoms with Crippen LogP contribution < -0.4 is 10.6 Å². The van der Waals surface area contributed by atoms with Crippen LogP contribution >= 0.6 is 0 Å². The molecule has 1 rings (SSSR count). The molecular weight excluding hydrogens is 278 g/mol. The number of rotatable bonds is 6. The van der Waals surface area contributed by atoms with Gasteiger partial charge in [0.05, 0.1) is 0 Å². The SMILES string of the molecule is CCn1c(C)cc(CNC(C)CNC(=O)OC(C)(C)C)c1C. The van der Waals surface area contributed by atoms with Crippen LogP contribution in [0.25, 0.3) is 0 Å². The van der Waals surface area contributed by atoms with Gasteiger partial charge in [-0.25, -0.2) is 4.79 Å². The second-order valence-electron chi connectivity index (χ2n) is 6.81. The van der Waals surface area contributed by atoms with E-state index >= 15 is 0 Å². The molecule has 0 spiro atoms. The second kappa shape index (κ2) is 7.68. The zero-order chi connectivity index (χ0) is 16.9. The molecule has 0 fully saturated rings. The van der Waals surface area contributed by atoms with Gasteiger partial charge in [-0.2, -0.15) is 0 Å². The van der Waals surface area contributed by atoms with E-state index in [0.717, 1.165) is 13.1 Å². The standard InChI is InChI=1S/C17H31N3O2/c1-8-20-13(3)9-15(14(20)4)11-18-12(2)10-19-16(21)22-17(5,6)7/h9,12,18H,8,10-11H2,1-7H3,(H,19,21). The highest BCUT2D eigenvalue weighted by Crippen LogP contribution is 2.14. The number of carbonyl (C=O) groups is 1. The highest BCUT2D eigenvalue weighted by Gasteiger charge is 2.16. The molecule has 22 heavy (non-hydrogen) atoms. The number of nitrogens with one attached hydrogen (secondary N) is 2. The molecule has 0 bridgehead atoms. The fourth-order valence-electron chi connectivity index (χ4n) is 2.44. The Morgan fingerprint density at radius 1 is 1.36 bits per heavy atom. The third kappa shape index (κ3) is 5.72. The molecular formula is C17H31N3O2. The maximum Gasteiger partial charge on any atom is 0.407 e. The minimum atomic E-state index is -0.460. The quantitative estimate of drug-likeness (QED) is 0.849. The number of alkyl carbamates (subject to hydrolysis) is 1. The highest BCUT2D eigenvalue weighted by atomic mass is 16.6. The van der Waals surface area contributed by atoms with Crippen molar-refractivity contribution in [1.29, 1.82) is 0 Å². The van der Waals surface area contributed by atoms with Crippen LogP contribution in [-0.4, -0.2) is 28.8 Å². The highest BCUT2D eigenvalue weighted by molar-refractivity contribution is 5.67. The van der Waals surface area contributed by atoms with Crippen molar-refractivity contribution in [3.63, 3.8) is 0 Å². The summed E-state index contributed by atoms with van der Waals surface area (Å²) in [5.41, 5.74) is 3.44. The summed E-state index contributed by atoms with van der Waals surface area (Å²) in [6.45, 7) is 16.4. The lowest BCUT2D eigenvalue weighted by Crippen LogP contribution is -2.41. The van der Waals surface area contributed by atoms with E-state index in [4.69, 9.17) is 4.74 Å². The number of hydrogen-bond donors (Lipinski definition) is 2. The normalized spacial score (nSPS) is 13.0. The van der Waals surface area contributed by atoms with Crippen LogP contribution in [0.3, 0.4) is 0 Å². The van der Waals surface area contributed by atoms with E-state index in [1.807, 2.05) is 20.8 Å². The summed E-state index contributed by atoms with van der Waals surface area (Å²) in [4.78, 5) is 11.6. The fraction of sp³-hybridized carbons (Fsp3) is 0.706. The lowest BCUT2D eigenvalue weighted by molar-refractivity contribution is 0.0523. The zero-order valence-electron chi connectivity index (χ0n) is 15.0. The molecule has 126 valence electrons. The van der Waals surface area contributed by atoms with Gasteiger partial charge in [-0.3, -0.25) is 0 Å². The van der Waals surface area contributed by atoms with E-state index in [2.05, 4.69) is 49.0 Å². The summed E-state index contributed by atoms with van der Waals surface area (Å²) in [6, 6.07) is 2.40. The van der Waals surface area contributed by atoms with E-state index in [9.17, 15) is 4.79 Å². The monoisotopic (exact) mass is 309 g/mol. The molecule has 0 radical (unpaired) electrons. The number of carbonyl (C=O) groups excluding carboxylic acids is 1. The van der Waals surface area contributed by atoms with Gasteiger partial charge in [0.15, 0.2) is 0 Å². The van der Waals surface area contributed by atoms with Gasteiger partial charge < -0.3 is 19.9 Å². The average Bonchev–Trinajstić information content (AvgIpc) is 2.66. The lowest BCUT2D eigenvalue weighted by Gasteiger charge is -2.21. The van der Waals surface area contributed by atoms with Crippen LogP contribution in [0.5, 0.6) is 0 Å². The molecule has 0 aromatic carbocycles. The predicted molar refractivity (Wildman–Crippen MR) is 90.1 cm³/mol. The number of nitrogens with zero attached hydrogens (tertiary/aromatic N) is 1. The molecule has 0 saturated carbocycles. The summed E-state index contributed by atoms with van der Waals surface area (Å²) >= 11 is 0. The molecule has 1 unspecified atom stereocenters. The van der Waals surface area contributed by atoms with Crippen molar-refractivity contribution in [2.45, 2.75) is 73.2 Å². The average molecular weight is 309 g/mol. The minimum absolute atomic E-state index is 0.178. The van der Waals surface area contributed by atoms with E-state index in [0.29, 0.717) is 6.54 Å². The van der Waals surface area contributed by atoms with Crippen molar-refractivity contribution in [3.8, 4) is 0 Å². The van der Waals surface area contributed by atoms with Crippen molar-refractivity contribution >= 4 is 6.09 Å². The van der Waals surface area contributed by atoms with Crippen molar-refractivity contribution < 1.29 is 9.53 Å². The number of ether oxygens (including phenoxy) is 1. The van der Waals surface area contributed by atoms with Crippen LogP contribution in [-0.2, 0) is 17.8 Å². The fourth-order valence-corrected chi connectivity index (χ4v) is 2.44. The molecule has 0 aliphatic heterocycles. The van der Waals surface area contributed by atoms with E-state index < -0.39 is 5.60 Å². The van der Waals surface area contributed by atoms with Crippen LogP contribution in [0.2, 0.25) is 0 Å². The molecule has 1 amide bonds. The number of aromatic nitrogens is 1. The summed E-state index contributed by atoms with van der Waals surface area (Å²) in [5, 5.41) is 6.23. The third-order valence-electron chi connectivity index (χ3n) is 3.59. The smallest absolute Gasteiger partial charge is 0.407 e. The zero-order valence-corrected chi connectivity index (χ0v) is 15.0. The Balaban J connectivity index is 2.41. The molecule has 5 heteroatoms. The minimum Gasteiger partial charge on any atom is -0.444 e. The molecule has 1 heterocycles. The molecule has 1 atom stereocenters. The van der Waals surface area contributed by atoms with Crippen molar-refractivity contribution in [2.75, 3.05) is 6.54 Å². The molecule has 0 aliphatic rings. The summed E-state index contributed by atoms with van der Waals surface area (Å²) < 4.78 is 7.53. The number of hydrogen-bond acceptors (Lipinski definition) is 3. The second-order valence-corrected chi connectivity index (χ2v) is 6.81. The van der Waals surface area contributed by atoms with Gasteiger partial charge in [0.1, 0.15) is 5.60 Å². The van der Waals surface area contributed by atoms with E-state index in [1.165, 1.54) is 17.0 Å². The molecule has 5 nitrogen and oxygen atoms in total. The summed E-state index contributed by atoms with van der Waals surface area (Å²) in [7, 11) is 0. The first-order valence-corrected chi connectivity index (χ1v) is 8.00. The van der Waals surface area contributed by atoms with E-state index in [-0.39, 0.29) is 12.1 Å². The summed E-state index contributed by atoms with van der Waals surface area (Å²) in [5.74, 6) is 0. The van der Waals surface area contributed by atoms with Crippen LogP contribution in [0.1, 0.15) is 51.6 Å². The van der Waals surface area contributed by atoms with E-state index in [1.54, 1.807) is 0 Å². The molecule has 2 N–H and O–H groups in total. The Hall–Kier alpha value is -1.49. The largest absolute Gasteiger partial charge is 0.444 e. The van der Waals surface area contributed by atoms with Gasteiger partial charge in [0, 0.05) is 37.1 Å². The van der Waals surface area contributed by atoms with Gasteiger partial charge in [0.25, 0.3) is 0 Å². The van der Waals surface area contributed by atoms with Gasteiger partial charge in [-0.1, -0.05) is 0 Å². The lowest BCUT2D eigenvalue weighted by atomic mass is 10.2. The number of amides is 1. The van der Waals surface area contributed by atoms with Crippen LogP contribution in [0.4, 0.5) is 4.79 Å². The van der Waals surface area contributed by atoms with Gasteiger partial charge >= 0.3 is 6.09 Å². The van der Waals surface area contributed by atoms with Gasteiger partial charge in [-0.05, 0) is 60.1 Å². The van der Waals surface area contributed by atoms with Gasteiger partial charge in [-0.15, -0.1) is 0 Å². The Kier molecular flexibility index (Phi) is 6.48. The molecule has 0 aliphatic carbocycles. The van der Waals surface area contributed by atoms with Gasteiger partial charge in [0.2, 0.25) is 0 Å². The first-order chi connectivity index (χ1) is 10.1. The van der Waals surface area contributed by atoms with Crippen molar-refractivity contribution in [1.82, 2.24) is 15.2 Å². The molecule has 1 aromatic rings.